The molecule has 11 heavy (non-hydrogen) atoms. The summed E-state index contributed by atoms with van der Waals surface area (Å²) >= 11 is 0. The van der Waals surface area contributed by atoms with Crippen LogP contribution in [0.4, 0.5) is 0 Å². The Morgan fingerprint density at radius 2 is 2.18 bits per heavy atom. The molecule has 0 amide bonds. The maximum Gasteiger partial charge on any atom is 0.328 e. The highest BCUT2D eigenvalue weighted by Gasteiger charge is 2.18. The van der Waals surface area contributed by atoms with Crippen LogP contribution < -0.4 is 10.9 Å². The molecule has 1 rings (SSSR count). The summed E-state index contributed by atoms with van der Waals surface area (Å²) in [6.07, 6.45) is 3.70. The van der Waals surface area contributed by atoms with Gasteiger partial charge in [-0.05, 0) is 6.92 Å². The summed E-state index contributed by atoms with van der Waals surface area (Å²) in [5.74, 6) is -0.277. The molecule has 0 saturated carbocycles. The van der Waals surface area contributed by atoms with E-state index in [1.807, 2.05) is 13.0 Å². The molecule has 0 spiro atoms. The highest BCUT2D eigenvalue weighted by Crippen LogP contribution is 1.97. The number of hydrogen-bond acceptors (Lipinski definition) is 4. The van der Waals surface area contributed by atoms with E-state index in [2.05, 4.69) is 15.6 Å². The van der Waals surface area contributed by atoms with Crippen LogP contribution in [-0.2, 0) is 9.53 Å². The van der Waals surface area contributed by atoms with Gasteiger partial charge in [0, 0.05) is 6.04 Å². The number of esters is 1. The average molecular weight is 156 g/mol. The molecule has 0 radical (unpaired) electrons. The zero-order chi connectivity index (χ0) is 8.27. The fourth-order valence-electron chi connectivity index (χ4n) is 0.860. The van der Waals surface area contributed by atoms with Crippen LogP contribution in [0.1, 0.15) is 6.92 Å². The number of rotatable bonds is 1. The molecule has 62 valence electrons. The van der Waals surface area contributed by atoms with Crippen molar-refractivity contribution in [1.29, 1.82) is 0 Å². The van der Waals surface area contributed by atoms with Crippen molar-refractivity contribution in [2.75, 3.05) is 7.11 Å². The molecule has 0 aromatic heterocycles. The average Bonchev–Trinajstić information content (AvgIpc) is 2.05. The minimum atomic E-state index is -0.351. The maximum absolute atomic E-state index is 10.9. The Morgan fingerprint density at radius 1 is 1.45 bits per heavy atom. The topological polar surface area (TPSA) is 50.4 Å². The van der Waals surface area contributed by atoms with Gasteiger partial charge in [0.15, 0.2) is 0 Å². The van der Waals surface area contributed by atoms with Crippen molar-refractivity contribution >= 4 is 5.97 Å². The maximum atomic E-state index is 10.9. The Balaban J connectivity index is 2.50. The molecular weight excluding hydrogens is 144 g/mol. The first kappa shape index (κ1) is 8.23. The van der Waals surface area contributed by atoms with Crippen LogP contribution in [0.25, 0.3) is 0 Å². The number of ether oxygens (including phenoxy) is 1. The second-order valence-corrected chi connectivity index (χ2v) is 2.46. The summed E-state index contributed by atoms with van der Waals surface area (Å²) in [6, 6.07) is -0.0906. The van der Waals surface area contributed by atoms with Gasteiger partial charge in [0.25, 0.3) is 0 Å². The second kappa shape index (κ2) is 3.50. The summed E-state index contributed by atoms with van der Waals surface area (Å²) in [4.78, 5) is 10.9. The van der Waals surface area contributed by atoms with E-state index in [4.69, 9.17) is 0 Å². The van der Waals surface area contributed by atoms with Crippen molar-refractivity contribution in [2.45, 2.75) is 19.0 Å². The van der Waals surface area contributed by atoms with E-state index in [1.54, 1.807) is 6.08 Å². The first-order valence-electron chi connectivity index (χ1n) is 3.51. The molecule has 2 atom stereocenters. The lowest BCUT2D eigenvalue weighted by Crippen LogP contribution is -2.51. The Morgan fingerprint density at radius 3 is 2.64 bits per heavy atom. The van der Waals surface area contributed by atoms with Gasteiger partial charge < -0.3 is 4.74 Å². The normalized spacial score (nSPS) is 30.0. The van der Waals surface area contributed by atoms with Gasteiger partial charge in [-0.15, -0.1) is 0 Å². The van der Waals surface area contributed by atoms with Gasteiger partial charge in [-0.1, -0.05) is 12.2 Å². The third kappa shape index (κ3) is 2.03. The summed E-state index contributed by atoms with van der Waals surface area (Å²) in [5, 5.41) is 0. The monoisotopic (exact) mass is 156 g/mol. The summed E-state index contributed by atoms with van der Waals surface area (Å²) in [5.41, 5.74) is 5.72. The van der Waals surface area contributed by atoms with E-state index >= 15 is 0 Å². The van der Waals surface area contributed by atoms with Crippen molar-refractivity contribution in [3.8, 4) is 0 Å². The first-order valence-corrected chi connectivity index (χ1v) is 3.51. The fourth-order valence-corrected chi connectivity index (χ4v) is 0.860. The number of hydrogen-bond donors (Lipinski definition) is 2. The molecule has 1 aliphatic rings. The first-order chi connectivity index (χ1) is 5.24. The lowest BCUT2D eigenvalue weighted by Gasteiger charge is -2.21. The Labute approximate surface area is 65.6 Å². The molecule has 0 bridgehead atoms. The van der Waals surface area contributed by atoms with Gasteiger partial charge in [-0.2, -0.15) is 0 Å². The molecule has 4 heteroatoms. The Bertz CT molecular complexity index is 179. The third-order valence-corrected chi connectivity index (χ3v) is 1.51. The van der Waals surface area contributed by atoms with Crippen LogP contribution in [-0.4, -0.2) is 25.2 Å². The van der Waals surface area contributed by atoms with E-state index < -0.39 is 0 Å². The zero-order valence-corrected chi connectivity index (χ0v) is 6.63. The number of carbonyl (C=O) groups excluding carboxylic acids is 1. The summed E-state index contributed by atoms with van der Waals surface area (Å²) in [7, 11) is 1.37. The highest BCUT2D eigenvalue weighted by molar-refractivity contribution is 5.78. The van der Waals surface area contributed by atoms with E-state index in [9.17, 15) is 4.79 Å². The minimum Gasteiger partial charge on any atom is -0.468 e. The van der Waals surface area contributed by atoms with Crippen LogP contribution >= 0.6 is 0 Å². The Kier molecular flexibility index (Phi) is 2.62. The zero-order valence-electron chi connectivity index (χ0n) is 6.63. The predicted molar refractivity (Wildman–Crippen MR) is 40.7 cm³/mol. The van der Waals surface area contributed by atoms with Crippen molar-refractivity contribution in [3.63, 3.8) is 0 Å². The molecule has 1 heterocycles. The SMILES string of the molecule is COC(=O)[C@H]1C=C[C@@H](C)NN1. The number of carbonyl (C=O) groups is 1. The molecule has 0 fully saturated rings. The van der Waals surface area contributed by atoms with Crippen molar-refractivity contribution < 1.29 is 9.53 Å². The Hall–Kier alpha value is -0.870. The van der Waals surface area contributed by atoms with E-state index in [-0.39, 0.29) is 18.1 Å². The van der Waals surface area contributed by atoms with Gasteiger partial charge in [0.1, 0.15) is 6.04 Å². The van der Waals surface area contributed by atoms with E-state index in [0.29, 0.717) is 0 Å². The van der Waals surface area contributed by atoms with Crippen molar-refractivity contribution in [1.82, 2.24) is 10.9 Å². The van der Waals surface area contributed by atoms with Crippen LogP contribution in [0.15, 0.2) is 12.2 Å². The van der Waals surface area contributed by atoms with Crippen LogP contribution in [0.5, 0.6) is 0 Å². The van der Waals surface area contributed by atoms with Gasteiger partial charge in [0.2, 0.25) is 0 Å². The van der Waals surface area contributed by atoms with Gasteiger partial charge in [-0.25, -0.2) is 10.2 Å². The second-order valence-electron chi connectivity index (χ2n) is 2.46. The fraction of sp³-hybridized carbons (Fsp3) is 0.571. The number of nitrogens with one attached hydrogen (secondary N) is 2. The quantitative estimate of drug-likeness (QED) is 0.400. The lowest BCUT2D eigenvalue weighted by molar-refractivity contribution is -0.142. The standard InChI is InChI=1S/C7H12N2O2/c1-5-3-4-6(9-8-5)7(10)11-2/h3-6,8-9H,1-2H3/t5-,6-/m1/s1. The van der Waals surface area contributed by atoms with Crippen molar-refractivity contribution in [2.24, 2.45) is 0 Å². The van der Waals surface area contributed by atoms with Crippen LogP contribution in [0.3, 0.4) is 0 Å². The van der Waals surface area contributed by atoms with E-state index in [1.165, 1.54) is 7.11 Å². The molecule has 0 saturated heterocycles. The highest BCUT2D eigenvalue weighted by atomic mass is 16.5. The van der Waals surface area contributed by atoms with Crippen LogP contribution in [0.2, 0.25) is 0 Å². The molecule has 0 aromatic rings. The van der Waals surface area contributed by atoms with Crippen LogP contribution in [0, 0.1) is 0 Å². The lowest BCUT2D eigenvalue weighted by atomic mass is 10.2. The third-order valence-electron chi connectivity index (χ3n) is 1.51. The molecule has 4 nitrogen and oxygen atoms in total. The van der Waals surface area contributed by atoms with E-state index in [0.717, 1.165) is 0 Å². The predicted octanol–water partition coefficient (Wildman–Crippen LogP) is -0.420. The molecule has 0 aliphatic carbocycles. The van der Waals surface area contributed by atoms with Gasteiger partial charge in [0.05, 0.1) is 7.11 Å². The largest absolute Gasteiger partial charge is 0.468 e. The molecule has 0 unspecified atom stereocenters. The number of hydrazine groups is 1. The van der Waals surface area contributed by atoms with Gasteiger partial charge >= 0.3 is 5.97 Å². The smallest absolute Gasteiger partial charge is 0.328 e. The van der Waals surface area contributed by atoms with Crippen molar-refractivity contribution in [3.05, 3.63) is 12.2 Å². The number of methoxy groups -OCH3 is 1. The summed E-state index contributed by atoms with van der Waals surface area (Å²) < 4.78 is 4.53. The molecular formula is C7H12N2O2. The molecule has 0 aromatic carbocycles. The summed E-state index contributed by atoms with van der Waals surface area (Å²) in [6.45, 7) is 1.98. The van der Waals surface area contributed by atoms with Gasteiger partial charge in [-0.3, -0.25) is 5.43 Å². The molecule has 1 aliphatic heterocycles. The molecule has 2 N–H and O–H groups in total. The minimum absolute atomic E-state index is 0.260.